The highest BCUT2D eigenvalue weighted by Gasteiger charge is 2.18. The lowest BCUT2D eigenvalue weighted by atomic mass is 10.1. The first-order valence-corrected chi connectivity index (χ1v) is 11.6. The summed E-state index contributed by atoms with van der Waals surface area (Å²) in [6, 6.07) is 14.1. The molecule has 33 heavy (non-hydrogen) atoms. The number of nitrogens with zero attached hydrogens (tertiary/aromatic N) is 2. The summed E-state index contributed by atoms with van der Waals surface area (Å²) < 4.78 is 5.59. The van der Waals surface area contributed by atoms with Crippen molar-refractivity contribution in [2.75, 3.05) is 38.1 Å². The quantitative estimate of drug-likeness (QED) is 0.439. The number of ether oxygens (including phenoxy) is 1. The average Bonchev–Trinajstić information content (AvgIpc) is 2.79. The standard InChI is InChI=1S/C25H31ClN4O3/c1-4-29(5-2)12-13-30(25(32)27-21-9-7-8-20(26)16-21)17-19-14-18-15-22(33-6-3)10-11-23(18)28-24(19)31/h7-11,14-16H,4-6,12-13,17H2,1-3H3,(H,27,32)(H,28,31). The van der Waals surface area contributed by atoms with Crippen LogP contribution >= 0.6 is 11.6 Å². The minimum absolute atomic E-state index is 0.178. The second kappa shape index (κ2) is 11.7. The molecule has 0 radical (unpaired) electrons. The molecule has 1 heterocycles. The van der Waals surface area contributed by atoms with Crippen molar-refractivity contribution in [2.45, 2.75) is 27.3 Å². The molecule has 3 aromatic rings. The van der Waals surface area contributed by atoms with Crippen LogP contribution in [0.3, 0.4) is 0 Å². The van der Waals surface area contributed by atoms with Crippen molar-refractivity contribution in [1.29, 1.82) is 0 Å². The Morgan fingerprint density at radius 3 is 2.55 bits per heavy atom. The lowest BCUT2D eigenvalue weighted by Gasteiger charge is -2.26. The van der Waals surface area contributed by atoms with Gasteiger partial charge in [0.1, 0.15) is 5.75 Å². The van der Waals surface area contributed by atoms with Crippen LogP contribution in [-0.2, 0) is 6.54 Å². The van der Waals surface area contributed by atoms with E-state index in [1.165, 1.54) is 0 Å². The number of rotatable bonds is 10. The van der Waals surface area contributed by atoms with E-state index in [-0.39, 0.29) is 18.1 Å². The van der Waals surface area contributed by atoms with Gasteiger partial charge in [0.15, 0.2) is 0 Å². The highest BCUT2D eigenvalue weighted by atomic mass is 35.5. The molecule has 0 saturated carbocycles. The summed E-state index contributed by atoms with van der Waals surface area (Å²) in [5.41, 5.74) is 1.63. The van der Waals surface area contributed by atoms with E-state index in [2.05, 4.69) is 29.0 Å². The normalized spacial score (nSPS) is 11.1. The molecular weight excluding hydrogens is 440 g/mol. The number of anilines is 1. The predicted octanol–water partition coefficient (Wildman–Crippen LogP) is 4.96. The molecule has 0 atom stereocenters. The third-order valence-electron chi connectivity index (χ3n) is 5.51. The first kappa shape index (κ1) is 24.6. The topological polar surface area (TPSA) is 77.7 Å². The van der Waals surface area contributed by atoms with Crippen molar-refractivity contribution in [3.05, 3.63) is 69.5 Å². The maximum Gasteiger partial charge on any atom is 0.322 e. The summed E-state index contributed by atoms with van der Waals surface area (Å²) in [6.07, 6.45) is 0. The van der Waals surface area contributed by atoms with E-state index in [0.717, 1.165) is 29.7 Å². The Kier molecular flexibility index (Phi) is 8.74. The predicted molar refractivity (Wildman–Crippen MR) is 134 cm³/mol. The van der Waals surface area contributed by atoms with Gasteiger partial charge in [-0.05, 0) is 62.5 Å². The fraction of sp³-hybridized carbons (Fsp3) is 0.360. The van der Waals surface area contributed by atoms with Crippen molar-refractivity contribution < 1.29 is 9.53 Å². The van der Waals surface area contributed by atoms with Crippen molar-refractivity contribution >= 4 is 34.2 Å². The number of carbonyl (C=O) groups is 1. The van der Waals surface area contributed by atoms with Gasteiger partial charge in [-0.2, -0.15) is 0 Å². The number of halogens is 1. The van der Waals surface area contributed by atoms with Crippen LogP contribution in [0.5, 0.6) is 5.75 Å². The Bertz CT molecular complexity index is 1140. The Balaban J connectivity index is 1.87. The molecule has 3 rings (SSSR count). The Hall–Kier alpha value is -3.03. The average molecular weight is 471 g/mol. The molecule has 0 fully saturated rings. The lowest BCUT2D eigenvalue weighted by molar-refractivity contribution is 0.194. The van der Waals surface area contributed by atoms with Crippen LogP contribution in [-0.4, -0.2) is 53.6 Å². The van der Waals surface area contributed by atoms with E-state index < -0.39 is 0 Å². The molecule has 8 heteroatoms. The molecule has 2 aromatic carbocycles. The lowest BCUT2D eigenvalue weighted by Crippen LogP contribution is -2.41. The van der Waals surface area contributed by atoms with Gasteiger partial charge in [-0.1, -0.05) is 31.5 Å². The number of aromatic nitrogens is 1. The smallest absolute Gasteiger partial charge is 0.322 e. The number of likely N-dealkylation sites (N-methyl/N-ethyl adjacent to an activating group) is 1. The molecule has 0 aliphatic heterocycles. The van der Waals surface area contributed by atoms with E-state index in [1.807, 2.05) is 31.2 Å². The first-order chi connectivity index (χ1) is 15.9. The zero-order chi connectivity index (χ0) is 23.8. The number of aromatic amines is 1. The number of pyridine rings is 1. The van der Waals surface area contributed by atoms with Crippen LogP contribution in [0.1, 0.15) is 26.3 Å². The third-order valence-corrected chi connectivity index (χ3v) is 5.74. The van der Waals surface area contributed by atoms with Gasteiger partial charge in [-0.3, -0.25) is 4.79 Å². The fourth-order valence-electron chi connectivity index (χ4n) is 3.63. The molecule has 1 aromatic heterocycles. The molecule has 0 unspecified atom stereocenters. The van der Waals surface area contributed by atoms with Crippen molar-refractivity contribution in [3.63, 3.8) is 0 Å². The summed E-state index contributed by atoms with van der Waals surface area (Å²) in [6.45, 7) is 9.79. The number of fused-ring (bicyclic) bond motifs is 1. The SMILES string of the molecule is CCOc1ccc2[nH]c(=O)c(CN(CCN(CC)CC)C(=O)Nc3cccc(Cl)c3)cc2c1. The maximum atomic E-state index is 13.2. The largest absolute Gasteiger partial charge is 0.494 e. The van der Waals surface area contributed by atoms with Crippen LogP contribution in [0.4, 0.5) is 10.5 Å². The molecule has 2 N–H and O–H groups in total. The van der Waals surface area contributed by atoms with E-state index in [9.17, 15) is 9.59 Å². The minimum atomic E-state index is -0.285. The Morgan fingerprint density at radius 1 is 1.06 bits per heavy atom. The maximum absolute atomic E-state index is 13.2. The number of amides is 2. The van der Waals surface area contributed by atoms with E-state index in [1.54, 1.807) is 29.2 Å². The molecular formula is C25H31ClN4O3. The van der Waals surface area contributed by atoms with Crippen LogP contribution in [0, 0.1) is 0 Å². The zero-order valence-electron chi connectivity index (χ0n) is 19.4. The van der Waals surface area contributed by atoms with Crippen molar-refractivity contribution in [2.24, 2.45) is 0 Å². The Labute approximate surface area is 199 Å². The third kappa shape index (κ3) is 6.73. The second-order valence-corrected chi connectivity index (χ2v) is 8.13. The Morgan fingerprint density at radius 2 is 1.85 bits per heavy atom. The fourth-order valence-corrected chi connectivity index (χ4v) is 3.82. The van der Waals surface area contributed by atoms with Crippen LogP contribution in [0.25, 0.3) is 10.9 Å². The van der Waals surface area contributed by atoms with Crippen LogP contribution < -0.4 is 15.6 Å². The molecule has 0 saturated heterocycles. The molecule has 0 aliphatic rings. The second-order valence-electron chi connectivity index (χ2n) is 7.69. The molecule has 2 amide bonds. The van der Waals surface area contributed by atoms with Gasteiger partial charge >= 0.3 is 6.03 Å². The number of nitrogens with one attached hydrogen (secondary N) is 2. The molecule has 0 spiro atoms. The first-order valence-electron chi connectivity index (χ1n) is 11.3. The van der Waals surface area contributed by atoms with Crippen LogP contribution in [0.15, 0.2) is 53.3 Å². The number of hydrogen-bond donors (Lipinski definition) is 2. The number of hydrogen-bond acceptors (Lipinski definition) is 4. The highest BCUT2D eigenvalue weighted by molar-refractivity contribution is 6.30. The molecule has 0 bridgehead atoms. The van der Waals surface area contributed by atoms with Crippen LogP contribution in [0.2, 0.25) is 5.02 Å². The van der Waals surface area contributed by atoms with Gasteiger partial charge < -0.3 is 24.8 Å². The minimum Gasteiger partial charge on any atom is -0.494 e. The van der Waals surface area contributed by atoms with Gasteiger partial charge in [0.05, 0.1) is 13.2 Å². The van der Waals surface area contributed by atoms with Crippen molar-refractivity contribution in [1.82, 2.24) is 14.8 Å². The van der Waals surface area contributed by atoms with Gasteiger partial charge in [0, 0.05) is 40.3 Å². The van der Waals surface area contributed by atoms with E-state index >= 15 is 0 Å². The monoisotopic (exact) mass is 470 g/mol. The number of urea groups is 1. The van der Waals surface area contributed by atoms with Gasteiger partial charge in [-0.25, -0.2) is 4.79 Å². The van der Waals surface area contributed by atoms with Gasteiger partial charge in [-0.15, -0.1) is 0 Å². The van der Waals surface area contributed by atoms with Crippen molar-refractivity contribution in [3.8, 4) is 5.75 Å². The zero-order valence-corrected chi connectivity index (χ0v) is 20.1. The highest BCUT2D eigenvalue weighted by Crippen LogP contribution is 2.20. The molecule has 0 aliphatic carbocycles. The summed E-state index contributed by atoms with van der Waals surface area (Å²) in [4.78, 5) is 32.7. The van der Waals surface area contributed by atoms with E-state index in [0.29, 0.717) is 36.0 Å². The number of carbonyl (C=O) groups excluding carboxylic acids is 1. The molecule has 7 nitrogen and oxygen atoms in total. The van der Waals surface area contributed by atoms with Gasteiger partial charge in [0.2, 0.25) is 0 Å². The summed E-state index contributed by atoms with van der Waals surface area (Å²) in [7, 11) is 0. The molecule has 176 valence electrons. The summed E-state index contributed by atoms with van der Waals surface area (Å²) in [5.74, 6) is 0.736. The summed E-state index contributed by atoms with van der Waals surface area (Å²) >= 11 is 6.06. The number of benzene rings is 2. The summed E-state index contributed by atoms with van der Waals surface area (Å²) in [5, 5.41) is 4.29. The number of H-pyrrole nitrogens is 1. The van der Waals surface area contributed by atoms with E-state index in [4.69, 9.17) is 16.3 Å². The van der Waals surface area contributed by atoms with Gasteiger partial charge in [0.25, 0.3) is 5.56 Å².